The number of ether oxygens (including phenoxy) is 1. The quantitative estimate of drug-likeness (QED) is 0.443. The second kappa shape index (κ2) is 8.10. The van der Waals surface area contributed by atoms with Crippen LogP contribution in [0.3, 0.4) is 0 Å². The van der Waals surface area contributed by atoms with Gasteiger partial charge in [-0.05, 0) is 19.1 Å². The van der Waals surface area contributed by atoms with E-state index in [2.05, 4.69) is 6.58 Å². The molecule has 24 heavy (non-hydrogen) atoms. The van der Waals surface area contributed by atoms with Crippen molar-refractivity contribution in [1.82, 2.24) is 4.90 Å². The lowest BCUT2D eigenvalue weighted by molar-refractivity contribution is -0.143. The predicted molar refractivity (Wildman–Crippen MR) is 89.8 cm³/mol. The van der Waals surface area contributed by atoms with Crippen molar-refractivity contribution in [3.8, 4) is 0 Å². The summed E-state index contributed by atoms with van der Waals surface area (Å²) in [5, 5.41) is 0.657. The molecule has 0 bridgehead atoms. The van der Waals surface area contributed by atoms with Gasteiger partial charge in [0.1, 0.15) is 11.1 Å². The highest BCUT2D eigenvalue weighted by molar-refractivity contribution is 5.96. The van der Waals surface area contributed by atoms with Crippen molar-refractivity contribution in [3.63, 3.8) is 0 Å². The van der Waals surface area contributed by atoms with Gasteiger partial charge in [-0.15, -0.1) is 6.58 Å². The maximum Gasteiger partial charge on any atom is 0.349 e. The van der Waals surface area contributed by atoms with E-state index in [0.717, 1.165) is 0 Å². The Morgan fingerprint density at radius 1 is 1.33 bits per heavy atom. The summed E-state index contributed by atoms with van der Waals surface area (Å²) < 4.78 is 10.0. The number of hydrogen-bond donors (Lipinski definition) is 0. The highest BCUT2D eigenvalue weighted by atomic mass is 16.5. The molecule has 0 aliphatic carbocycles. The third-order valence-corrected chi connectivity index (χ3v) is 3.40. The summed E-state index contributed by atoms with van der Waals surface area (Å²) in [5.74, 6) is -0.899. The summed E-state index contributed by atoms with van der Waals surface area (Å²) in [6.07, 6.45) is 1.58. The fourth-order valence-electron chi connectivity index (χ4n) is 2.27. The second-order valence-electron chi connectivity index (χ2n) is 5.08. The molecule has 0 saturated heterocycles. The summed E-state index contributed by atoms with van der Waals surface area (Å²) in [5.41, 5.74) is -0.357. The molecule has 0 unspecified atom stereocenters. The Kier molecular flexibility index (Phi) is 5.89. The van der Waals surface area contributed by atoms with E-state index in [4.69, 9.17) is 9.15 Å². The summed E-state index contributed by atoms with van der Waals surface area (Å²) in [4.78, 5) is 37.6. The molecule has 0 spiro atoms. The zero-order chi connectivity index (χ0) is 17.5. The number of nitrogens with zero attached hydrogens (tertiary/aromatic N) is 1. The first-order chi connectivity index (χ1) is 11.6. The first-order valence-corrected chi connectivity index (χ1v) is 7.65. The fraction of sp³-hybridized carbons (Fsp3) is 0.278. The topological polar surface area (TPSA) is 76.8 Å². The van der Waals surface area contributed by atoms with Crippen LogP contribution >= 0.6 is 0 Å². The Balaban J connectivity index is 2.25. The number of benzene rings is 1. The Bertz CT molecular complexity index is 808. The van der Waals surface area contributed by atoms with Crippen molar-refractivity contribution in [2.75, 3.05) is 19.7 Å². The van der Waals surface area contributed by atoms with Crippen molar-refractivity contribution in [1.29, 1.82) is 0 Å². The van der Waals surface area contributed by atoms with Crippen LogP contribution in [0.4, 0.5) is 0 Å². The molecule has 2 rings (SSSR count). The summed E-state index contributed by atoms with van der Waals surface area (Å²) >= 11 is 0. The maximum absolute atomic E-state index is 12.6. The number of rotatable bonds is 7. The van der Waals surface area contributed by atoms with E-state index in [-0.39, 0.29) is 31.7 Å². The number of fused-ring (bicyclic) bond motifs is 1. The molecule has 1 amide bonds. The van der Waals surface area contributed by atoms with Gasteiger partial charge in [-0.2, -0.15) is 0 Å². The lowest BCUT2D eigenvalue weighted by Crippen LogP contribution is -2.36. The van der Waals surface area contributed by atoms with E-state index in [1.807, 2.05) is 0 Å². The van der Waals surface area contributed by atoms with Crippen molar-refractivity contribution >= 4 is 22.8 Å². The molecule has 1 aromatic heterocycles. The maximum atomic E-state index is 12.6. The Hall–Kier alpha value is -2.89. The molecule has 1 aromatic carbocycles. The number of carbonyl (C=O) groups excluding carboxylic acids is 2. The van der Waals surface area contributed by atoms with Crippen molar-refractivity contribution in [2.45, 2.75) is 13.3 Å². The van der Waals surface area contributed by atoms with Gasteiger partial charge in [-0.1, -0.05) is 24.3 Å². The SMILES string of the molecule is C=CCN(CCC(=O)OCC)C(=O)c1cc2ccccc2oc1=O. The zero-order valence-corrected chi connectivity index (χ0v) is 13.5. The molecule has 0 aliphatic rings. The predicted octanol–water partition coefficient (Wildman–Crippen LogP) is 2.37. The average molecular weight is 329 g/mol. The van der Waals surface area contributed by atoms with Gasteiger partial charge >= 0.3 is 11.6 Å². The number of para-hydroxylation sites is 1. The molecule has 2 aromatic rings. The minimum absolute atomic E-state index is 0.0480. The van der Waals surface area contributed by atoms with E-state index in [9.17, 15) is 14.4 Å². The molecule has 0 atom stereocenters. The Morgan fingerprint density at radius 3 is 2.79 bits per heavy atom. The molecular formula is C18H19NO5. The number of amides is 1. The van der Waals surface area contributed by atoms with Gasteiger partial charge in [0.05, 0.1) is 13.0 Å². The van der Waals surface area contributed by atoms with E-state index in [0.29, 0.717) is 11.0 Å². The third-order valence-electron chi connectivity index (χ3n) is 3.40. The van der Waals surface area contributed by atoms with E-state index >= 15 is 0 Å². The minimum Gasteiger partial charge on any atom is -0.466 e. The molecule has 0 saturated carbocycles. The molecule has 0 N–H and O–H groups in total. The smallest absolute Gasteiger partial charge is 0.349 e. The van der Waals surface area contributed by atoms with Gasteiger partial charge in [0, 0.05) is 18.5 Å². The second-order valence-corrected chi connectivity index (χ2v) is 5.08. The van der Waals surface area contributed by atoms with E-state index in [1.165, 1.54) is 17.0 Å². The van der Waals surface area contributed by atoms with Gasteiger partial charge in [-0.25, -0.2) is 4.79 Å². The molecule has 0 radical (unpaired) electrons. The molecule has 0 fully saturated rings. The lowest BCUT2D eigenvalue weighted by Gasteiger charge is -2.20. The van der Waals surface area contributed by atoms with Crippen LogP contribution in [0.1, 0.15) is 23.7 Å². The fourth-order valence-corrected chi connectivity index (χ4v) is 2.27. The van der Waals surface area contributed by atoms with Crippen LogP contribution in [0.2, 0.25) is 0 Å². The number of carbonyl (C=O) groups is 2. The van der Waals surface area contributed by atoms with Crippen LogP contribution in [-0.4, -0.2) is 36.5 Å². The van der Waals surface area contributed by atoms with Crippen LogP contribution in [0.5, 0.6) is 0 Å². The number of esters is 1. The Morgan fingerprint density at radius 2 is 2.08 bits per heavy atom. The largest absolute Gasteiger partial charge is 0.466 e. The van der Waals surface area contributed by atoms with Crippen molar-refractivity contribution in [3.05, 3.63) is 59.0 Å². The summed E-state index contributed by atoms with van der Waals surface area (Å²) in [7, 11) is 0. The molecule has 0 aliphatic heterocycles. The molecular weight excluding hydrogens is 310 g/mol. The standard InChI is InChI=1S/C18H19NO5/c1-3-10-19(11-9-16(20)23-4-2)17(21)14-12-13-7-5-6-8-15(13)24-18(14)22/h3,5-8,12H,1,4,9-11H2,2H3. The molecule has 6 heteroatoms. The third kappa shape index (κ3) is 4.10. The van der Waals surface area contributed by atoms with Gasteiger partial charge in [-0.3, -0.25) is 9.59 Å². The van der Waals surface area contributed by atoms with Gasteiger partial charge < -0.3 is 14.1 Å². The minimum atomic E-state index is -0.705. The lowest BCUT2D eigenvalue weighted by atomic mass is 10.1. The molecule has 1 heterocycles. The first-order valence-electron chi connectivity index (χ1n) is 7.65. The van der Waals surface area contributed by atoms with Crippen LogP contribution in [-0.2, 0) is 9.53 Å². The van der Waals surface area contributed by atoms with Crippen molar-refractivity contribution in [2.24, 2.45) is 0 Å². The van der Waals surface area contributed by atoms with Gasteiger partial charge in [0.2, 0.25) is 0 Å². The first kappa shape index (κ1) is 17.5. The molecule has 126 valence electrons. The highest BCUT2D eigenvalue weighted by Crippen LogP contribution is 2.14. The molecule has 6 nitrogen and oxygen atoms in total. The van der Waals surface area contributed by atoms with Crippen LogP contribution < -0.4 is 5.63 Å². The van der Waals surface area contributed by atoms with Gasteiger partial charge in [0.15, 0.2) is 0 Å². The normalized spacial score (nSPS) is 10.4. The monoisotopic (exact) mass is 329 g/mol. The zero-order valence-electron chi connectivity index (χ0n) is 13.5. The Labute approximate surface area is 139 Å². The van der Waals surface area contributed by atoms with Crippen LogP contribution in [0.15, 0.2) is 52.2 Å². The van der Waals surface area contributed by atoms with E-state index in [1.54, 1.807) is 31.2 Å². The summed E-state index contributed by atoms with van der Waals surface area (Å²) in [6.45, 7) is 5.94. The van der Waals surface area contributed by atoms with Crippen LogP contribution in [0.25, 0.3) is 11.0 Å². The number of hydrogen-bond acceptors (Lipinski definition) is 5. The van der Waals surface area contributed by atoms with E-state index < -0.39 is 17.5 Å². The summed E-state index contributed by atoms with van der Waals surface area (Å²) in [6, 6.07) is 8.46. The van der Waals surface area contributed by atoms with Gasteiger partial charge in [0.25, 0.3) is 5.91 Å². The average Bonchev–Trinajstić information content (AvgIpc) is 2.57. The van der Waals surface area contributed by atoms with Crippen LogP contribution in [0, 0.1) is 0 Å². The highest BCUT2D eigenvalue weighted by Gasteiger charge is 2.20. The van der Waals surface area contributed by atoms with Crippen molar-refractivity contribution < 1.29 is 18.7 Å².